The Morgan fingerprint density at radius 2 is 2.12 bits per heavy atom. The van der Waals surface area contributed by atoms with Gasteiger partial charge in [-0.05, 0) is 42.9 Å². The van der Waals surface area contributed by atoms with Crippen LogP contribution < -0.4 is 0 Å². The number of aliphatic hydroxyl groups is 1. The number of allylic oxidation sites excluding steroid dienone is 2. The Kier molecular flexibility index (Phi) is 3.33. The van der Waals surface area contributed by atoms with Crippen molar-refractivity contribution in [1.82, 2.24) is 0 Å². The molecule has 2 aliphatic carbocycles. The minimum atomic E-state index is -0.658. The predicted octanol–water partition coefficient (Wildman–Crippen LogP) is 1.92. The van der Waals surface area contributed by atoms with E-state index in [1.54, 1.807) is 0 Å². The van der Waals surface area contributed by atoms with Crippen molar-refractivity contribution in [2.75, 3.05) is 6.61 Å². The second-order valence-corrected chi connectivity index (χ2v) is 5.30. The first-order chi connectivity index (χ1) is 7.63. The van der Waals surface area contributed by atoms with Crippen molar-refractivity contribution in [3.8, 4) is 0 Å². The van der Waals surface area contributed by atoms with Gasteiger partial charge in [-0.2, -0.15) is 0 Å². The van der Waals surface area contributed by atoms with Crippen LogP contribution >= 0.6 is 0 Å². The van der Waals surface area contributed by atoms with Crippen molar-refractivity contribution < 1.29 is 15.0 Å². The Morgan fingerprint density at radius 3 is 2.75 bits per heavy atom. The van der Waals surface area contributed by atoms with Gasteiger partial charge in [-0.1, -0.05) is 19.1 Å². The van der Waals surface area contributed by atoms with Crippen molar-refractivity contribution in [2.45, 2.75) is 26.2 Å². The zero-order valence-electron chi connectivity index (χ0n) is 9.67. The molecule has 1 saturated carbocycles. The summed E-state index contributed by atoms with van der Waals surface area (Å²) in [6.45, 7) is 2.23. The topological polar surface area (TPSA) is 57.5 Å². The summed E-state index contributed by atoms with van der Waals surface area (Å²) >= 11 is 0. The molecular weight excluding hydrogens is 204 g/mol. The lowest BCUT2D eigenvalue weighted by molar-refractivity contribution is -0.147. The molecule has 16 heavy (non-hydrogen) atoms. The van der Waals surface area contributed by atoms with Gasteiger partial charge in [-0.15, -0.1) is 0 Å². The van der Waals surface area contributed by atoms with Gasteiger partial charge < -0.3 is 10.2 Å². The molecule has 5 atom stereocenters. The molecule has 2 N–H and O–H groups in total. The second kappa shape index (κ2) is 4.58. The Morgan fingerprint density at radius 1 is 1.38 bits per heavy atom. The van der Waals surface area contributed by atoms with E-state index < -0.39 is 5.97 Å². The van der Waals surface area contributed by atoms with Crippen LogP contribution in [-0.2, 0) is 4.79 Å². The standard InChI is InChI=1S/C13H20O3/c1-8-2-4-10-6-9(7-14)3-5-11(10)12(8)13(15)16/h2,4,8-12,14H,3,5-7H2,1H3,(H,15,16). The molecule has 3 nitrogen and oxygen atoms in total. The van der Waals surface area contributed by atoms with Gasteiger partial charge in [0.25, 0.3) is 0 Å². The van der Waals surface area contributed by atoms with Crippen molar-refractivity contribution in [1.29, 1.82) is 0 Å². The molecule has 0 amide bonds. The van der Waals surface area contributed by atoms with Gasteiger partial charge in [0.1, 0.15) is 0 Å². The maximum absolute atomic E-state index is 11.3. The summed E-state index contributed by atoms with van der Waals surface area (Å²) in [5.41, 5.74) is 0. The number of fused-ring (bicyclic) bond motifs is 1. The molecule has 0 bridgehead atoms. The quantitative estimate of drug-likeness (QED) is 0.704. The molecule has 3 heteroatoms. The molecule has 1 fully saturated rings. The highest BCUT2D eigenvalue weighted by molar-refractivity contribution is 5.71. The molecule has 0 saturated heterocycles. The van der Waals surface area contributed by atoms with E-state index in [2.05, 4.69) is 6.08 Å². The zero-order valence-corrected chi connectivity index (χ0v) is 9.67. The van der Waals surface area contributed by atoms with Gasteiger partial charge >= 0.3 is 5.97 Å². The average molecular weight is 224 g/mol. The maximum atomic E-state index is 11.3. The minimum Gasteiger partial charge on any atom is -0.481 e. The van der Waals surface area contributed by atoms with Gasteiger partial charge in [0.15, 0.2) is 0 Å². The van der Waals surface area contributed by atoms with Crippen LogP contribution in [0.2, 0.25) is 0 Å². The molecule has 0 spiro atoms. The molecule has 90 valence electrons. The van der Waals surface area contributed by atoms with E-state index in [1.165, 1.54) is 0 Å². The Hall–Kier alpha value is -0.830. The maximum Gasteiger partial charge on any atom is 0.307 e. The lowest BCUT2D eigenvalue weighted by atomic mass is 9.63. The van der Waals surface area contributed by atoms with Crippen molar-refractivity contribution in [3.05, 3.63) is 12.2 Å². The molecule has 0 radical (unpaired) electrons. The first kappa shape index (κ1) is 11.6. The monoisotopic (exact) mass is 224 g/mol. The summed E-state index contributed by atoms with van der Waals surface area (Å²) in [6.07, 6.45) is 7.09. The van der Waals surface area contributed by atoms with E-state index >= 15 is 0 Å². The van der Waals surface area contributed by atoms with Gasteiger partial charge in [0, 0.05) is 6.61 Å². The second-order valence-electron chi connectivity index (χ2n) is 5.30. The lowest BCUT2D eigenvalue weighted by Crippen LogP contribution is -2.39. The van der Waals surface area contributed by atoms with E-state index in [1.807, 2.05) is 13.0 Å². The number of carboxylic acid groups (broad SMARTS) is 1. The Bertz CT molecular complexity index is 298. The fraction of sp³-hybridized carbons (Fsp3) is 0.769. The van der Waals surface area contributed by atoms with Crippen LogP contribution in [0.3, 0.4) is 0 Å². The Balaban J connectivity index is 2.15. The summed E-state index contributed by atoms with van der Waals surface area (Å²) < 4.78 is 0. The van der Waals surface area contributed by atoms with Crippen LogP contribution in [0.1, 0.15) is 26.2 Å². The molecule has 0 aromatic heterocycles. The van der Waals surface area contributed by atoms with Crippen LogP contribution in [0.25, 0.3) is 0 Å². The number of hydrogen-bond donors (Lipinski definition) is 2. The van der Waals surface area contributed by atoms with E-state index in [4.69, 9.17) is 5.11 Å². The lowest BCUT2D eigenvalue weighted by Gasteiger charge is -2.41. The molecule has 0 aliphatic heterocycles. The van der Waals surface area contributed by atoms with Gasteiger partial charge in [-0.25, -0.2) is 0 Å². The summed E-state index contributed by atoms with van der Waals surface area (Å²) in [4.78, 5) is 11.3. The molecular formula is C13H20O3. The fourth-order valence-corrected chi connectivity index (χ4v) is 3.39. The van der Waals surface area contributed by atoms with Crippen LogP contribution in [0, 0.1) is 29.6 Å². The molecule has 0 aromatic rings. The van der Waals surface area contributed by atoms with Gasteiger partial charge in [-0.3, -0.25) is 4.79 Å². The summed E-state index contributed by atoms with van der Waals surface area (Å²) in [5, 5.41) is 18.5. The van der Waals surface area contributed by atoms with Crippen LogP contribution in [0.15, 0.2) is 12.2 Å². The van der Waals surface area contributed by atoms with E-state index in [9.17, 15) is 9.90 Å². The SMILES string of the molecule is CC1C=CC2CC(CO)CCC2C1C(=O)O. The number of carboxylic acids is 1. The highest BCUT2D eigenvalue weighted by Crippen LogP contribution is 2.44. The average Bonchev–Trinajstić information content (AvgIpc) is 2.27. The van der Waals surface area contributed by atoms with Crippen molar-refractivity contribution in [2.24, 2.45) is 29.6 Å². The third kappa shape index (κ3) is 2.01. The Labute approximate surface area is 96.2 Å². The molecule has 2 aliphatic rings. The summed E-state index contributed by atoms with van der Waals surface area (Å²) in [5.74, 6) is 0.269. The van der Waals surface area contributed by atoms with Crippen LogP contribution in [-0.4, -0.2) is 22.8 Å². The minimum absolute atomic E-state index is 0.143. The zero-order chi connectivity index (χ0) is 11.7. The van der Waals surface area contributed by atoms with Crippen molar-refractivity contribution in [3.63, 3.8) is 0 Å². The molecule has 5 unspecified atom stereocenters. The van der Waals surface area contributed by atoms with E-state index in [0.717, 1.165) is 19.3 Å². The van der Waals surface area contributed by atoms with E-state index in [0.29, 0.717) is 11.8 Å². The highest BCUT2D eigenvalue weighted by atomic mass is 16.4. The van der Waals surface area contributed by atoms with Gasteiger partial charge in [0.2, 0.25) is 0 Å². The van der Waals surface area contributed by atoms with E-state index in [-0.39, 0.29) is 24.4 Å². The van der Waals surface area contributed by atoms with Crippen molar-refractivity contribution >= 4 is 5.97 Å². The molecule has 0 heterocycles. The third-order valence-corrected chi connectivity index (χ3v) is 4.30. The van der Waals surface area contributed by atoms with Crippen LogP contribution in [0.4, 0.5) is 0 Å². The number of aliphatic hydroxyl groups excluding tert-OH is 1. The first-order valence-corrected chi connectivity index (χ1v) is 6.15. The fourth-order valence-electron chi connectivity index (χ4n) is 3.39. The molecule has 2 rings (SSSR count). The number of aliphatic carboxylic acids is 1. The number of hydrogen-bond acceptors (Lipinski definition) is 2. The summed E-state index contributed by atoms with van der Waals surface area (Å²) in [6, 6.07) is 0. The number of rotatable bonds is 2. The predicted molar refractivity (Wildman–Crippen MR) is 60.8 cm³/mol. The largest absolute Gasteiger partial charge is 0.481 e. The van der Waals surface area contributed by atoms with Gasteiger partial charge in [0.05, 0.1) is 5.92 Å². The smallest absolute Gasteiger partial charge is 0.307 e. The molecule has 0 aromatic carbocycles. The third-order valence-electron chi connectivity index (χ3n) is 4.30. The highest BCUT2D eigenvalue weighted by Gasteiger charge is 2.41. The number of carbonyl (C=O) groups is 1. The summed E-state index contributed by atoms with van der Waals surface area (Å²) in [7, 11) is 0. The normalized spacial score (nSPS) is 42.8. The first-order valence-electron chi connectivity index (χ1n) is 6.15. The van der Waals surface area contributed by atoms with Crippen LogP contribution in [0.5, 0.6) is 0 Å².